The molecule has 0 saturated heterocycles. The van der Waals surface area contributed by atoms with Gasteiger partial charge in [-0.3, -0.25) is 0 Å². The lowest BCUT2D eigenvalue weighted by Crippen LogP contribution is -2.47. The summed E-state index contributed by atoms with van der Waals surface area (Å²) in [7, 11) is -10.2. The molecule has 0 unspecified atom stereocenters. The average molecular weight is 619 g/mol. The predicted octanol–water partition coefficient (Wildman–Crippen LogP) is 8.45. The van der Waals surface area contributed by atoms with Gasteiger partial charge in [-0.1, -0.05) is 125 Å². The summed E-state index contributed by atoms with van der Waals surface area (Å²) in [6, 6.07) is 28.5. The summed E-state index contributed by atoms with van der Waals surface area (Å²) in [5.41, 5.74) is 3.07. The number of sulfone groups is 2. The van der Waals surface area contributed by atoms with Gasteiger partial charge in [0.2, 0.25) is 19.7 Å². The largest absolute Gasteiger partial charge is 0.327 e. The molecule has 0 bridgehead atoms. The van der Waals surface area contributed by atoms with Crippen molar-refractivity contribution in [3.63, 3.8) is 0 Å². The summed E-state index contributed by atoms with van der Waals surface area (Å²) in [5.74, 6) is -0.841. The summed E-state index contributed by atoms with van der Waals surface area (Å²) in [6.07, 6.45) is 4.64. The second-order valence-corrected chi connectivity index (χ2v) is 16.1. The standard InChI is InChI=1S/C36H39FO4S2/c1-27(2)25-30-17-15-29(16-18-30)21-24-35(32-22-19-31(20-23-32)26-28(3)4)36(37,42(38,39)33-11-7-5-8-12-33)43(40,41)34-13-9-6-10-14-34/h5-24,27-28,35H,25-26H2,1-4H3/b24-21+/t35-/m0/s1. The zero-order chi connectivity index (χ0) is 31.3. The molecule has 0 saturated carbocycles. The van der Waals surface area contributed by atoms with Crippen LogP contribution < -0.4 is 0 Å². The van der Waals surface area contributed by atoms with Crippen LogP contribution in [0.5, 0.6) is 0 Å². The van der Waals surface area contributed by atoms with Gasteiger partial charge in [0.25, 0.3) is 0 Å². The molecule has 0 fully saturated rings. The third kappa shape index (κ3) is 7.00. The van der Waals surface area contributed by atoms with Crippen molar-refractivity contribution < 1.29 is 21.2 Å². The lowest BCUT2D eigenvalue weighted by atomic mass is 9.95. The fourth-order valence-electron chi connectivity index (χ4n) is 5.20. The van der Waals surface area contributed by atoms with Crippen molar-refractivity contribution in [3.8, 4) is 0 Å². The fraction of sp³-hybridized carbons (Fsp3) is 0.278. The molecule has 0 aliphatic carbocycles. The molecule has 4 aromatic carbocycles. The summed E-state index contributed by atoms with van der Waals surface area (Å²) in [4.78, 5) is -0.824. The summed E-state index contributed by atoms with van der Waals surface area (Å²) in [6.45, 7) is 8.42. The van der Waals surface area contributed by atoms with E-state index in [0.717, 1.165) is 24.0 Å². The van der Waals surface area contributed by atoms with E-state index in [9.17, 15) is 16.8 Å². The van der Waals surface area contributed by atoms with Gasteiger partial charge < -0.3 is 0 Å². The highest BCUT2D eigenvalue weighted by Gasteiger charge is 2.62. The van der Waals surface area contributed by atoms with E-state index in [0.29, 0.717) is 17.4 Å². The first kappa shape index (κ1) is 32.4. The Morgan fingerprint density at radius 2 is 1.00 bits per heavy atom. The smallest absolute Gasteiger partial charge is 0.219 e. The molecular weight excluding hydrogens is 580 g/mol. The maximum atomic E-state index is 18.1. The van der Waals surface area contributed by atoms with E-state index in [1.165, 1.54) is 54.6 Å². The van der Waals surface area contributed by atoms with Crippen LogP contribution in [-0.4, -0.2) is 21.2 Å². The quantitative estimate of drug-likeness (QED) is 0.160. The van der Waals surface area contributed by atoms with Gasteiger partial charge in [-0.15, -0.1) is 0 Å². The van der Waals surface area contributed by atoms with E-state index < -0.39 is 39.7 Å². The van der Waals surface area contributed by atoms with Crippen molar-refractivity contribution in [1.29, 1.82) is 0 Å². The number of hydrogen-bond donors (Lipinski definition) is 0. The van der Waals surface area contributed by atoms with Gasteiger partial charge in [0, 0.05) is 0 Å². The number of halogens is 1. The highest BCUT2D eigenvalue weighted by Crippen LogP contribution is 2.48. The van der Waals surface area contributed by atoms with Gasteiger partial charge in [0.15, 0.2) is 0 Å². The molecule has 0 aliphatic rings. The van der Waals surface area contributed by atoms with Gasteiger partial charge in [-0.05, 0) is 71.2 Å². The van der Waals surface area contributed by atoms with Crippen molar-refractivity contribution in [2.24, 2.45) is 11.8 Å². The Labute approximate surface area is 256 Å². The van der Waals surface area contributed by atoms with Crippen LogP contribution in [0.2, 0.25) is 0 Å². The molecule has 0 aromatic heterocycles. The van der Waals surface area contributed by atoms with Crippen LogP contribution in [0.15, 0.2) is 125 Å². The second kappa shape index (κ2) is 13.4. The van der Waals surface area contributed by atoms with E-state index in [4.69, 9.17) is 0 Å². The maximum absolute atomic E-state index is 18.1. The molecule has 0 N–H and O–H groups in total. The Balaban J connectivity index is 1.96. The molecule has 4 aromatic rings. The average Bonchev–Trinajstić information content (AvgIpc) is 2.99. The van der Waals surface area contributed by atoms with Crippen molar-refractivity contribution >= 4 is 25.8 Å². The van der Waals surface area contributed by atoms with Crippen molar-refractivity contribution in [2.45, 2.75) is 60.6 Å². The van der Waals surface area contributed by atoms with Crippen LogP contribution in [0.1, 0.15) is 55.9 Å². The van der Waals surface area contributed by atoms with Gasteiger partial charge in [0.05, 0.1) is 15.7 Å². The molecule has 4 rings (SSSR count). The topological polar surface area (TPSA) is 68.3 Å². The van der Waals surface area contributed by atoms with Crippen molar-refractivity contribution in [3.05, 3.63) is 138 Å². The molecule has 0 amide bonds. The van der Waals surface area contributed by atoms with E-state index >= 15 is 4.39 Å². The van der Waals surface area contributed by atoms with E-state index in [2.05, 4.69) is 27.7 Å². The lowest BCUT2D eigenvalue weighted by molar-refractivity contribution is 0.331. The molecule has 7 heteroatoms. The minimum atomic E-state index is -5.11. The van der Waals surface area contributed by atoms with Gasteiger partial charge in [0.1, 0.15) is 0 Å². The molecule has 0 aliphatic heterocycles. The first-order chi connectivity index (χ1) is 20.4. The number of hydrogen-bond acceptors (Lipinski definition) is 4. The van der Waals surface area contributed by atoms with Crippen LogP contribution in [0, 0.1) is 11.8 Å². The number of allylic oxidation sites excluding steroid dienone is 1. The zero-order valence-corrected chi connectivity index (χ0v) is 26.7. The number of rotatable bonds is 12. The Hall–Kier alpha value is -3.55. The van der Waals surface area contributed by atoms with Crippen LogP contribution >= 0.6 is 0 Å². The molecule has 226 valence electrons. The summed E-state index contributed by atoms with van der Waals surface area (Å²) in [5, 5.41) is 0. The third-order valence-electron chi connectivity index (χ3n) is 7.30. The van der Waals surface area contributed by atoms with Crippen LogP contribution in [0.4, 0.5) is 4.39 Å². The van der Waals surface area contributed by atoms with Crippen LogP contribution in [0.25, 0.3) is 6.08 Å². The van der Waals surface area contributed by atoms with E-state index in [1.807, 2.05) is 36.4 Å². The molecule has 0 radical (unpaired) electrons. The van der Waals surface area contributed by atoms with Crippen molar-refractivity contribution in [1.82, 2.24) is 0 Å². The number of benzene rings is 4. The summed E-state index contributed by atoms with van der Waals surface area (Å²) < 4.78 is 71.4. The Bertz CT molecular complexity index is 1660. The molecule has 0 spiro atoms. The fourth-order valence-corrected chi connectivity index (χ4v) is 9.70. The summed E-state index contributed by atoms with van der Waals surface area (Å²) >= 11 is 0. The minimum Gasteiger partial charge on any atom is -0.219 e. The number of alkyl halides is 1. The predicted molar refractivity (Wildman–Crippen MR) is 173 cm³/mol. The zero-order valence-electron chi connectivity index (χ0n) is 25.0. The van der Waals surface area contributed by atoms with E-state index in [-0.39, 0.29) is 5.56 Å². The first-order valence-electron chi connectivity index (χ1n) is 14.5. The van der Waals surface area contributed by atoms with E-state index in [1.54, 1.807) is 30.3 Å². The normalized spacial score (nSPS) is 13.6. The monoisotopic (exact) mass is 618 g/mol. The third-order valence-corrected chi connectivity index (χ3v) is 12.4. The van der Waals surface area contributed by atoms with Crippen LogP contribution in [-0.2, 0) is 32.5 Å². The molecule has 1 atom stereocenters. The molecule has 0 heterocycles. The van der Waals surface area contributed by atoms with Crippen LogP contribution in [0.3, 0.4) is 0 Å². The maximum Gasteiger partial charge on any atom is 0.327 e. The lowest BCUT2D eigenvalue weighted by Gasteiger charge is -2.32. The SMILES string of the molecule is CC(C)Cc1ccc(/C=C/[C@@H](c2ccc(CC(C)C)cc2)C(F)(S(=O)(=O)c2ccccc2)S(=O)(=O)c2ccccc2)cc1. The minimum absolute atomic E-state index is 0.238. The highest BCUT2D eigenvalue weighted by atomic mass is 32.3. The van der Waals surface area contributed by atoms with Crippen molar-refractivity contribution in [2.75, 3.05) is 0 Å². The highest BCUT2D eigenvalue weighted by molar-refractivity contribution is 8.10. The Morgan fingerprint density at radius 3 is 1.40 bits per heavy atom. The van der Waals surface area contributed by atoms with Gasteiger partial charge in [-0.2, -0.15) is 0 Å². The second-order valence-electron chi connectivity index (χ2n) is 11.7. The Morgan fingerprint density at radius 1 is 0.605 bits per heavy atom. The van der Waals surface area contributed by atoms with Gasteiger partial charge in [-0.25, -0.2) is 21.2 Å². The molecule has 43 heavy (non-hydrogen) atoms. The molecular formula is C36H39FO4S2. The first-order valence-corrected chi connectivity index (χ1v) is 17.5. The van der Waals surface area contributed by atoms with Gasteiger partial charge >= 0.3 is 4.33 Å². The Kier molecular flexibility index (Phi) is 10.1. The molecule has 4 nitrogen and oxygen atoms in total.